The van der Waals surface area contributed by atoms with E-state index >= 15 is 0 Å². The number of methoxy groups -OCH3 is 1. The molecule has 1 saturated heterocycles. The molecule has 0 aromatic heterocycles. The van der Waals surface area contributed by atoms with Crippen LogP contribution in [0.15, 0.2) is 53.4 Å². The molecule has 2 amide bonds. The fraction of sp³-hybridized carbons (Fsp3) is 0.500. The molecule has 2 N–H and O–H groups in total. The zero-order valence-electron chi connectivity index (χ0n) is 22.0. The molecule has 10 heteroatoms. The number of nitrogens with one attached hydrogen (secondary N) is 2. The molecule has 1 aliphatic heterocycles. The van der Waals surface area contributed by atoms with Crippen LogP contribution >= 0.6 is 0 Å². The van der Waals surface area contributed by atoms with Gasteiger partial charge < -0.3 is 19.7 Å². The second-order valence-electron chi connectivity index (χ2n) is 9.97. The quantitative estimate of drug-likeness (QED) is 0.402. The Bertz CT molecular complexity index is 1190. The molecule has 1 aliphatic carbocycles. The monoisotopic (exact) mass is 543 g/mol. The van der Waals surface area contributed by atoms with E-state index in [1.165, 1.54) is 0 Å². The summed E-state index contributed by atoms with van der Waals surface area (Å²) < 4.78 is 38.3. The third-order valence-electron chi connectivity index (χ3n) is 6.97. The van der Waals surface area contributed by atoms with E-state index in [1.54, 1.807) is 43.2 Å². The minimum absolute atomic E-state index is 0.0168. The average molecular weight is 544 g/mol. The highest BCUT2D eigenvalue weighted by Crippen LogP contribution is 2.23. The summed E-state index contributed by atoms with van der Waals surface area (Å²) in [7, 11) is -1.92. The Kier molecular flexibility index (Phi) is 9.40. The van der Waals surface area contributed by atoms with Gasteiger partial charge in [0.1, 0.15) is 11.8 Å². The molecule has 2 aromatic carbocycles. The number of hydrogen-bond donors (Lipinski definition) is 2. The van der Waals surface area contributed by atoms with Crippen LogP contribution < -0.4 is 14.8 Å². The number of carbonyl (C=O) groups is 2. The van der Waals surface area contributed by atoms with Gasteiger partial charge in [-0.15, -0.1) is 0 Å². The number of hydrogen-bond acceptors (Lipinski definition) is 6. The van der Waals surface area contributed by atoms with Crippen LogP contribution in [0.1, 0.15) is 50.2 Å². The number of aryl methyl sites for hydroxylation is 1. The summed E-state index contributed by atoms with van der Waals surface area (Å²) in [6.45, 7) is 3.15. The van der Waals surface area contributed by atoms with Gasteiger partial charge in [0.15, 0.2) is 0 Å². The summed E-state index contributed by atoms with van der Waals surface area (Å²) in [6, 6.07) is 13.4. The topological polar surface area (TPSA) is 114 Å². The minimum atomic E-state index is -3.52. The number of ether oxygens (including phenoxy) is 2. The van der Waals surface area contributed by atoms with Crippen molar-refractivity contribution in [2.24, 2.45) is 0 Å². The number of benzene rings is 2. The summed E-state index contributed by atoms with van der Waals surface area (Å²) >= 11 is 0. The Balaban J connectivity index is 1.40. The van der Waals surface area contributed by atoms with E-state index in [2.05, 4.69) is 10.0 Å². The molecular weight excluding hydrogens is 506 g/mol. The first-order valence-electron chi connectivity index (χ1n) is 13.2. The first kappa shape index (κ1) is 28.1. The molecule has 2 aromatic rings. The van der Waals surface area contributed by atoms with Gasteiger partial charge in [-0.2, -0.15) is 0 Å². The van der Waals surface area contributed by atoms with Gasteiger partial charge in [-0.3, -0.25) is 9.59 Å². The lowest BCUT2D eigenvalue weighted by Crippen LogP contribution is -2.49. The lowest BCUT2D eigenvalue weighted by Gasteiger charge is -2.29. The van der Waals surface area contributed by atoms with E-state index < -0.39 is 16.1 Å². The van der Waals surface area contributed by atoms with Crippen LogP contribution in [-0.2, 0) is 37.3 Å². The number of carbonyl (C=O) groups excluding carboxylic acids is 2. The SMILES string of the molecule is COc1ccc(CN(C(=O)CCc2ccc(S(=O)(=O)NC3CC3)cc2)[C@H](C)C(=O)NC[C@@H]2CCCO2)cc1. The van der Waals surface area contributed by atoms with Gasteiger partial charge in [-0.25, -0.2) is 13.1 Å². The van der Waals surface area contributed by atoms with Gasteiger partial charge in [-0.05, 0) is 74.4 Å². The van der Waals surface area contributed by atoms with Gasteiger partial charge in [0.2, 0.25) is 21.8 Å². The molecule has 2 aliphatic rings. The van der Waals surface area contributed by atoms with Crippen molar-refractivity contribution >= 4 is 21.8 Å². The number of sulfonamides is 1. The molecule has 38 heavy (non-hydrogen) atoms. The maximum Gasteiger partial charge on any atom is 0.242 e. The largest absolute Gasteiger partial charge is 0.497 e. The van der Waals surface area contributed by atoms with E-state index in [0.717, 1.165) is 36.8 Å². The zero-order valence-corrected chi connectivity index (χ0v) is 22.8. The predicted octanol–water partition coefficient (Wildman–Crippen LogP) is 2.78. The molecule has 0 spiro atoms. The zero-order chi connectivity index (χ0) is 27.1. The standard InChI is InChI=1S/C28H37N3O6S/c1-20(28(33)29-18-25-4-3-17-37-25)31(19-22-5-12-24(36-2)13-6-22)27(32)16-9-21-7-14-26(15-8-21)38(34,35)30-23-10-11-23/h5-8,12-15,20,23,25,30H,3-4,9-11,16-19H2,1-2H3,(H,29,33)/t20-,25+/m1/s1. The highest BCUT2D eigenvalue weighted by atomic mass is 32.2. The van der Waals surface area contributed by atoms with Crippen LogP contribution in [0, 0.1) is 0 Å². The van der Waals surface area contributed by atoms with E-state index in [9.17, 15) is 18.0 Å². The van der Waals surface area contributed by atoms with Crippen molar-refractivity contribution in [1.29, 1.82) is 0 Å². The van der Waals surface area contributed by atoms with Crippen molar-refractivity contribution in [2.75, 3.05) is 20.3 Å². The number of amides is 2. The van der Waals surface area contributed by atoms with Crippen molar-refractivity contribution < 1.29 is 27.5 Å². The van der Waals surface area contributed by atoms with Crippen LogP contribution in [-0.4, -0.2) is 63.6 Å². The normalized spacial score (nSPS) is 18.1. The molecule has 4 rings (SSSR count). The Hall–Kier alpha value is -2.95. The summed E-state index contributed by atoms with van der Waals surface area (Å²) in [6.07, 6.45) is 4.28. The molecule has 206 valence electrons. The van der Waals surface area contributed by atoms with Gasteiger partial charge in [0.25, 0.3) is 0 Å². The molecular formula is C28H37N3O6S. The van der Waals surface area contributed by atoms with Gasteiger partial charge in [-0.1, -0.05) is 24.3 Å². The molecule has 1 heterocycles. The Labute approximate surface area is 224 Å². The van der Waals surface area contributed by atoms with Crippen molar-refractivity contribution in [1.82, 2.24) is 14.9 Å². The molecule has 2 fully saturated rings. The summed E-state index contributed by atoms with van der Waals surface area (Å²) in [5.74, 6) is 0.333. The minimum Gasteiger partial charge on any atom is -0.497 e. The van der Waals surface area contributed by atoms with Crippen LogP contribution in [0.3, 0.4) is 0 Å². The Morgan fingerprint density at radius 1 is 1.05 bits per heavy atom. The Morgan fingerprint density at radius 2 is 1.74 bits per heavy atom. The summed E-state index contributed by atoms with van der Waals surface area (Å²) in [4.78, 5) is 28.2. The highest BCUT2D eigenvalue weighted by Gasteiger charge is 2.29. The lowest BCUT2D eigenvalue weighted by molar-refractivity contribution is -0.140. The second-order valence-corrected chi connectivity index (χ2v) is 11.7. The van der Waals surface area contributed by atoms with Crippen molar-refractivity contribution in [3.63, 3.8) is 0 Å². The van der Waals surface area contributed by atoms with E-state index in [0.29, 0.717) is 25.3 Å². The third kappa shape index (κ3) is 7.78. The average Bonchev–Trinajstić information content (AvgIpc) is 3.57. The second kappa shape index (κ2) is 12.7. The maximum absolute atomic E-state index is 13.4. The van der Waals surface area contributed by atoms with Crippen molar-refractivity contribution in [3.8, 4) is 5.75 Å². The summed E-state index contributed by atoms with van der Waals surface area (Å²) in [5, 5.41) is 2.94. The van der Waals surface area contributed by atoms with Crippen LogP contribution in [0.4, 0.5) is 0 Å². The van der Waals surface area contributed by atoms with Crippen LogP contribution in [0.25, 0.3) is 0 Å². The van der Waals surface area contributed by atoms with E-state index in [4.69, 9.17) is 9.47 Å². The van der Waals surface area contributed by atoms with Gasteiger partial charge in [0.05, 0.1) is 18.1 Å². The van der Waals surface area contributed by atoms with Crippen molar-refractivity contribution in [2.45, 2.75) is 75.1 Å². The molecule has 1 saturated carbocycles. The number of rotatable bonds is 13. The van der Waals surface area contributed by atoms with Gasteiger partial charge in [0, 0.05) is 32.2 Å². The van der Waals surface area contributed by atoms with Crippen LogP contribution in [0.5, 0.6) is 5.75 Å². The molecule has 0 bridgehead atoms. The lowest BCUT2D eigenvalue weighted by atomic mass is 10.1. The van der Waals surface area contributed by atoms with Gasteiger partial charge >= 0.3 is 0 Å². The number of nitrogens with zero attached hydrogens (tertiary/aromatic N) is 1. The molecule has 0 radical (unpaired) electrons. The maximum atomic E-state index is 13.4. The first-order chi connectivity index (χ1) is 18.2. The van der Waals surface area contributed by atoms with E-state index in [-0.39, 0.29) is 41.8 Å². The van der Waals surface area contributed by atoms with Crippen LogP contribution in [0.2, 0.25) is 0 Å². The highest BCUT2D eigenvalue weighted by molar-refractivity contribution is 7.89. The molecule has 9 nitrogen and oxygen atoms in total. The predicted molar refractivity (Wildman–Crippen MR) is 143 cm³/mol. The van der Waals surface area contributed by atoms with E-state index in [1.807, 2.05) is 24.3 Å². The fourth-order valence-corrected chi connectivity index (χ4v) is 5.70. The van der Waals surface area contributed by atoms with Crippen molar-refractivity contribution in [3.05, 3.63) is 59.7 Å². The molecule has 2 atom stereocenters. The third-order valence-corrected chi connectivity index (χ3v) is 8.50. The summed E-state index contributed by atoms with van der Waals surface area (Å²) in [5.41, 5.74) is 1.74. The molecule has 0 unspecified atom stereocenters. The first-order valence-corrected chi connectivity index (χ1v) is 14.7. The Morgan fingerprint density at radius 3 is 2.34 bits per heavy atom. The fourth-order valence-electron chi connectivity index (χ4n) is 4.40. The smallest absolute Gasteiger partial charge is 0.242 e.